The van der Waals surface area contributed by atoms with Crippen molar-refractivity contribution in [3.8, 4) is 17.6 Å². The Balaban J connectivity index is 1.73. The number of anilines is 1. The first-order valence-corrected chi connectivity index (χ1v) is 8.60. The Kier molecular flexibility index (Phi) is 5.62. The van der Waals surface area contributed by atoms with Crippen LogP contribution < -0.4 is 14.8 Å². The summed E-state index contributed by atoms with van der Waals surface area (Å²) in [6.45, 7) is 1.46. The number of hydrogen-bond acceptors (Lipinski definition) is 5. The van der Waals surface area contributed by atoms with E-state index in [0.717, 1.165) is 13.0 Å². The summed E-state index contributed by atoms with van der Waals surface area (Å²) in [5.41, 5.74) is 3.12. The number of carbonyl (C=O) groups excluding carboxylic acids is 1. The minimum atomic E-state index is -0.455. The van der Waals surface area contributed by atoms with Gasteiger partial charge in [-0.3, -0.25) is 4.79 Å². The highest BCUT2D eigenvalue weighted by molar-refractivity contribution is 6.06. The Labute approximate surface area is 158 Å². The van der Waals surface area contributed by atoms with Gasteiger partial charge in [0.2, 0.25) is 0 Å². The standard InChI is InChI=1S/C21H21N3O3/c1-26-19-8-7-18(11-20(19)27-2)23-21(25)17(12-22)14-24-10-9-15-5-3-4-6-16(15)13-24/h3-8,11,14H,9-10,13H2,1-2H3,(H,23,25)/b17-14-. The highest BCUT2D eigenvalue weighted by Crippen LogP contribution is 2.30. The second-order valence-electron chi connectivity index (χ2n) is 6.17. The molecule has 1 N–H and O–H groups in total. The zero-order valence-corrected chi connectivity index (χ0v) is 15.4. The number of hydrogen-bond donors (Lipinski definition) is 1. The Morgan fingerprint density at radius 1 is 1.15 bits per heavy atom. The first kappa shape index (κ1) is 18.3. The summed E-state index contributed by atoms with van der Waals surface area (Å²) in [7, 11) is 3.07. The summed E-state index contributed by atoms with van der Waals surface area (Å²) in [6, 6.07) is 15.3. The zero-order valence-electron chi connectivity index (χ0n) is 15.4. The summed E-state index contributed by atoms with van der Waals surface area (Å²) in [5.74, 6) is 0.618. The van der Waals surface area contributed by atoms with E-state index in [1.807, 2.05) is 23.1 Å². The van der Waals surface area contributed by atoms with Crippen LogP contribution in [0, 0.1) is 11.3 Å². The third-order valence-corrected chi connectivity index (χ3v) is 4.48. The first-order chi connectivity index (χ1) is 13.1. The van der Waals surface area contributed by atoms with E-state index in [1.165, 1.54) is 18.2 Å². The van der Waals surface area contributed by atoms with Crippen molar-refractivity contribution >= 4 is 11.6 Å². The van der Waals surface area contributed by atoms with Crippen LogP contribution in [0.15, 0.2) is 54.2 Å². The van der Waals surface area contributed by atoms with E-state index in [9.17, 15) is 10.1 Å². The first-order valence-electron chi connectivity index (χ1n) is 8.60. The molecule has 1 heterocycles. The molecule has 138 valence electrons. The summed E-state index contributed by atoms with van der Waals surface area (Å²) in [5, 5.41) is 12.2. The van der Waals surface area contributed by atoms with Gasteiger partial charge in [-0.1, -0.05) is 24.3 Å². The van der Waals surface area contributed by atoms with Gasteiger partial charge in [0, 0.05) is 31.0 Å². The number of benzene rings is 2. The van der Waals surface area contributed by atoms with Gasteiger partial charge in [-0.2, -0.15) is 5.26 Å². The van der Waals surface area contributed by atoms with Crippen LogP contribution >= 0.6 is 0 Å². The maximum absolute atomic E-state index is 12.5. The number of nitriles is 1. The van der Waals surface area contributed by atoms with Crippen molar-refractivity contribution < 1.29 is 14.3 Å². The molecular weight excluding hydrogens is 342 g/mol. The second kappa shape index (κ2) is 8.28. The van der Waals surface area contributed by atoms with Crippen LogP contribution in [0.25, 0.3) is 0 Å². The van der Waals surface area contributed by atoms with Gasteiger partial charge in [0.15, 0.2) is 11.5 Å². The Morgan fingerprint density at radius 2 is 1.89 bits per heavy atom. The molecule has 0 radical (unpaired) electrons. The SMILES string of the molecule is COc1ccc(NC(=O)/C(C#N)=C\N2CCc3ccccc3C2)cc1OC. The third-order valence-electron chi connectivity index (χ3n) is 4.48. The molecule has 1 aliphatic heterocycles. The van der Waals surface area contributed by atoms with Gasteiger partial charge in [-0.25, -0.2) is 0 Å². The molecule has 2 aromatic carbocycles. The van der Waals surface area contributed by atoms with Gasteiger partial charge in [0.1, 0.15) is 11.6 Å². The van der Waals surface area contributed by atoms with Crippen molar-refractivity contribution in [2.75, 3.05) is 26.1 Å². The van der Waals surface area contributed by atoms with Crippen LogP contribution in [0.5, 0.6) is 11.5 Å². The molecule has 6 nitrogen and oxygen atoms in total. The predicted octanol–water partition coefficient (Wildman–Crippen LogP) is 3.11. The summed E-state index contributed by atoms with van der Waals surface area (Å²) < 4.78 is 10.4. The van der Waals surface area contributed by atoms with E-state index in [1.54, 1.807) is 31.5 Å². The van der Waals surface area contributed by atoms with Crippen LogP contribution in [0.2, 0.25) is 0 Å². The lowest BCUT2D eigenvalue weighted by Gasteiger charge is -2.27. The lowest BCUT2D eigenvalue weighted by atomic mass is 10.0. The number of nitrogens with one attached hydrogen (secondary N) is 1. The Morgan fingerprint density at radius 3 is 2.59 bits per heavy atom. The molecule has 27 heavy (non-hydrogen) atoms. The fraction of sp³-hybridized carbons (Fsp3) is 0.238. The lowest BCUT2D eigenvalue weighted by molar-refractivity contribution is -0.112. The molecule has 1 aliphatic rings. The van der Waals surface area contributed by atoms with Gasteiger partial charge in [0.25, 0.3) is 5.91 Å². The number of amides is 1. The molecule has 2 aromatic rings. The Hall–Kier alpha value is -3.46. The maximum atomic E-state index is 12.5. The van der Waals surface area contributed by atoms with Crippen molar-refractivity contribution in [1.82, 2.24) is 4.90 Å². The molecule has 3 rings (SSSR count). The molecule has 0 bridgehead atoms. The van der Waals surface area contributed by atoms with Crippen molar-refractivity contribution in [2.45, 2.75) is 13.0 Å². The fourth-order valence-corrected chi connectivity index (χ4v) is 3.06. The average Bonchev–Trinajstić information content (AvgIpc) is 2.71. The lowest BCUT2D eigenvalue weighted by Crippen LogP contribution is -2.27. The monoisotopic (exact) mass is 363 g/mol. The van der Waals surface area contributed by atoms with E-state index in [4.69, 9.17) is 9.47 Å². The third kappa shape index (κ3) is 4.21. The van der Waals surface area contributed by atoms with Crippen molar-refractivity contribution in [3.05, 3.63) is 65.4 Å². The van der Waals surface area contributed by atoms with E-state index >= 15 is 0 Å². The van der Waals surface area contributed by atoms with Gasteiger partial charge >= 0.3 is 0 Å². The number of rotatable bonds is 5. The van der Waals surface area contributed by atoms with Gasteiger partial charge < -0.3 is 19.7 Å². The van der Waals surface area contributed by atoms with Crippen LogP contribution in [-0.4, -0.2) is 31.6 Å². The number of ether oxygens (including phenoxy) is 2. The van der Waals surface area contributed by atoms with E-state index in [-0.39, 0.29) is 5.57 Å². The maximum Gasteiger partial charge on any atom is 0.267 e. The molecule has 0 aliphatic carbocycles. The van der Waals surface area contributed by atoms with Gasteiger partial charge in [-0.15, -0.1) is 0 Å². The highest BCUT2D eigenvalue weighted by Gasteiger charge is 2.17. The summed E-state index contributed by atoms with van der Waals surface area (Å²) in [4.78, 5) is 14.5. The van der Waals surface area contributed by atoms with Crippen molar-refractivity contribution in [1.29, 1.82) is 5.26 Å². The van der Waals surface area contributed by atoms with E-state index in [0.29, 0.717) is 23.7 Å². The molecule has 0 atom stereocenters. The van der Waals surface area contributed by atoms with E-state index < -0.39 is 5.91 Å². The number of nitrogens with zero attached hydrogens (tertiary/aromatic N) is 2. The van der Waals surface area contributed by atoms with Gasteiger partial charge in [0.05, 0.1) is 14.2 Å². The van der Waals surface area contributed by atoms with Gasteiger partial charge in [-0.05, 0) is 29.7 Å². The average molecular weight is 363 g/mol. The van der Waals surface area contributed by atoms with Crippen LogP contribution in [0.1, 0.15) is 11.1 Å². The van der Waals surface area contributed by atoms with Crippen molar-refractivity contribution in [3.63, 3.8) is 0 Å². The number of methoxy groups -OCH3 is 2. The minimum absolute atomic E-state index is 0.0594. The van der Waals surface area contributed by atoms with Crippen LogP contribution in [0.3, 0.4) is 0 Å². The van der Waals surface area contributed by atoms with E-state index in [2.05, 4.69) is 17.4 Å². The van der Waals surface area contributed by atoms with Crippen LogP contribution in [0.4, 0.5) is 5.69 Å². The summed E-state index contributed by atoms with van der Waals surface area (Å²) in [6.07, 6.45) is 2.52. The van der Waals surface area contributed by atoms with Crippen LogP contribution in [-0.2, 0) is 17.8 Å². The topological polar surface area (TPSA) is 74.6 Å². The van der Waals surface area contributed by atoms with Crippen molar-refractivity contribution in [2.24, 2.45) is 0 Å². The molecule has 0 aromatic heterocycles. The zero-order chi connectivity index (χ0) is 19.2. The molecule has 0 saturated heterocycles. The quantitative estimate of drug-likeness (QED) is 0.653. The molecule has 0 saturated carbocycles. The molecule has 1 amide bonds. The second-order valence-corrected chi connectivity index (χ2v) is 6.17. The normalized spacial score (nSPS) is 13.4. The number of fused-ring (bicyclic) bond motifs is 1. The molecule has 0 spiro atoms. The Bertz CT molecular complexity index is 915. The molecule has 0 unspecified atom stereocenters. The summed E-state index contributed by atoms with van der Waals surface area (Å²) >= 11 is 0. The largest absolute Gasteiger partial charge is 0.493 e. The predicted molar refractivity (Wildman–Crippen MR) is 102 cm³/mol. The molecule has 6 heteroatoms. The molecular formula is C21H21N3O3. The fourth-order valence-electron chi connectivity index (χ4n) is 3.06. The highest BCUT2D eigenvalue weighted by atomic mass is 16.5. The molecule has 0 fully saturated rings. The number of carbonyl (C=O) groups is 1. The smallest absolute Gasteiger partial charge is 0.267 e. The minimum Gasteiger partial charge on any atom is -0.493 e.